The molecule has 0 bridgehead atoms. The van der Waals surface area contributed by atoms with E-state index in [4.69, 9.17) is 4.74 Å². The number of carbonyl (C=O) groups is 5. The van der Waals surface area contributed by atoms with Crippen LogP contribution in [-0.4, -0.2) is 58.9 Å². The quantitative estimate of drug-likeness (QED) is 0.575. The number of hydrogen-bond donors (Lipinski definition) is 3. The van der Waals surface area contributed by atoms with Crippen molar-refractivity contribution in [3.05, 3.63) is 29.8 Å². The molecule has 0 aromatic heterocycles. The highest BCUT2D eigenvalue weighted by molar-refractivity contribution is 6.10. The van der Waals surface area contributed by atoms with Crippen LogP contribution >= 0.6 is 0 Å². The zero-order chi connectivity index (χ0) is 23.1. The van der Waals surface area contributed by atoms with Crippen molar-refractivity contribution in [2.75, 3.05) is 13.7 Å². The molecule has 2 aliphatic heterocycles. The van der Waals surface area contributed by atoms with Gasteiger partial charge in [0, 0.05) is 0 Å². The fourth-order valence-electron chi connectivity index (χ4n) is 4.49. The third-order valence-electron chi connectivity index (χ3n) is 6.33. The summed E-state index contributed by atoms with van der Waals surface area (Å²) in [5.74, 6) is -1.48. The normalized spacial score (nSPS) is 24.6. The topological polar surface area (TPSA) is 137 Å². The zero-order valence-corrected chi connectivity index (χ0v) is 17.9. The van der Waals surface area contributed by atoms with Gasteiger partial charge in [0.2, 0.25) is 0 Å². The average molecular weight is 443 g/mol. The molecular formula is C21H25N5O6. The molecule has 7 amide bonds. The van der Waals surface area contributed by atoms with Gasteiger partial charge in [0.1, 0.15) is 23.4 Å². The van der Waals surface area contributed by atoms with E-state index >= 15 is 0 Å². The standard InChI is InChI=1S/C21H25N5O6/c1-20(13-7-6-8-14(11-13)32-2)16(28)26(19(31)22-20)24-15(27)12-25-17(29)21(23-18(25)30)9-4-3-5-10-21/h6-8,11H,3-5,9-10,12H2,1-2H3,(H,22,31)(H,23,30)(H,24,27)/t20-/m0/s1. The molecule has 11 heteroatoms. The van der Waals surface area contributed by atoms with E-state index < -0.39 is 47.4 Å². The summed E-state index contributed by atoms with van der Waals surface area (Å²) < 4.78 is 5.17. The number of hydrogen-bond acceptors (Lipinski definition) is 6. The lowest BCUT2D eigenvalue weighted by Crippen LogP contribution is -2.52. The maximum absolute atomic E-state index is 13.0. The molecule has 32 heavy (non-hydrogen) atoms. The highest BCUT2D eigenvalue weighted by Gasteiger charge is 2.53. The minimum atomic E-state index is -1.42. The van der Waals surface area contributed by atoms with Crippen LogP contribution in [-0.2, 0) is 19.9 Å². The van der Waals surface area contributed by atoms with Crippen LogP contribution in [0.15, 0.2) is 24.3 Å². The van der Waals surface area contributed by atoms with Crippen molar-refractivity contribution in [1.29, 1.82) is 0 Å². The number of hydrazine groups is 1. The third-order valence-corrected chi connectivity index (χ3v) is 6.33. The van der Waals surface area contributed by atoms with Gasteiger partial charge in [-0.2, -0.15) is 5.01 Å². The zero-order valence-electron chi connectivity index (χ0n) is 17.9. The van der Waals surface area contributed by atoms with Crippen molar-refractivity contribution in [1.82, 2.24) is 26.0 Å². The van der Waals surface area contributed by atoms with Crippen molar-refractivity contribution in [2.24, 2.45) is 0 Å². The van der Waals surface area contributed by atoms with E-state index in [1.165, 1.54) is 14.0 Å². The van der Waals surface area contributed by atoms with Crippen molar-refractivity contribution in [3.63, 3.8) is 0 Å². The molecule has 0 unspecified atom stereocenters. The van der Waals surface area contributed by atoms with Gasteiger partial charge in [0.25, 0.3) is 17.7 Å². The van der Waals surface area contributed by atoms with Gasteiger partial charge in [-0.25, -0.2) is 9.59 Å². The van der Waals surface area contributed by atoms with Gasteiger partial charge >= 0.3 is 12.1 Å². The predicted octanol–water partition coefficient (Wildman–Crippen LogP) is 0.748. The van der Waals surface area contributed by atoms with E-state index in [2.05, 4.69) is 16.1 Å². The minimum absolute atomic E-state index is 0.448. The number of methoxy groups -OCH3 is 1. The van der Waals surface area contributed by atoms with Gasteiger partial charge in [-0.15, -0.1) is 0 Å². The molecule has 0 radical (unpaired) electrons. The fraction of sp³-hybridized carbons (Fsp3) is 0.476. The first-order valence-corrected chi connectivity index (χ1v) is 10.4. The van der Waals surface area contributed by atoms with Crippen LogP contribution in [0.4, 0.5) is 9.59 Å². The molecule has 1 aliphatic carbocycles. The molecule has 1 aromatic carbocycles. The van der Waals surface area contributed by atoms with Crippen molar-refractivity contribution in [2.45, 2.75) is 50.1 Å². The van der Waals surface area contributed by atoms with Gasteiger partial charge in [-0.1, -0.05) is 31.4 Å². The largest absolute Gasteiger partial charge is 0.497 e. The second-order valence-corrected chi connectivity index (χ2v) is 8.43. The summed E-state index contributed by atoms with van der Waals surface area (Å²) in [6.45, 7) is 0.914. The summed E-state index contributed by atoms with van der Waals surface area (Å²) in [6, 6.07) is 5.17. The lowest BCUT2D eigenvalue weighted by molar-refractivity contribution is -0.141. The minimum Gasteiger partial charge on any atom is -0.497 e. The molecule has 2 heterocycles. The van der Waals surface area contributed by atoms with Crippen LogP contribution < -0.4 is 20.8 Å². The van der Waals surface area contributed by atoms with E-state index in [0.717, 1.165) is 24.2 Å². The molecule has 1 spiro atoms. The molecule has 2 saturated heterocycles. The number of amides is 7. The number of carbonyl (C=O) groups excluding carboxylic acids is 5. The third kappa shape index (κ3) is 3.43. The van der Waals surface area contributed by atoms with E-state index in [9.17, 15) is 24.0 Å². The number of ether oxygens (including phenoxy) is 1. The molecule has 1 saturated carbocycles. The van der Waals surface area contributed by atoms with Gasteiger partial charge in [0.05, 0.1) is 7.11 Å². The Kier molecular flexibility index (Phi) is 5.27. The molecule has 4 rings (SSSR count). The molecule has 3 aliphatic rings. The Labute approximate surface area is 184 Å². The SMILES string of the molecule is COc1cccc([C@]2(C)NC(=O)N(NC(=O)CN3C(=O)NC4(CCCCC4)C3=O)C2=O)c1. The van der Waals surface area contributed by atoms with Crippen LogP contribution in [0.5, 0.6) is 5.75 Å². The lowest BCUT2D eigenvalue weighted by atomic mass is 9.82. The number of rotatable bonds is 5. The van der Waals surface area contributed by atoms with Crippen LogP contribution in [0.2, 0.25) is 0 Å². The van der Waals surface area contributed by atoms with Gasteiger partial charge in [0.15, 0.2) is 0 Å². The van der Waals surface area contributed by atoms with E-state index in [0.29, 0.717) is 29.2 Å². The summed E-state index contributed by atoms with van der Waals surface area (Å²) in [5, 5.41) is 5.85. The molecule has 3 N–H and O–H groups in total. The first-order chi connectivity index (χ1) is 15.2. The maximum atomic E-state index is 13.0. The Hall–Kier alpha value is -3.63. The van der Waals surface area contributed by atoms with E-state index in [-0.39, 0.29) is 0 Å². The van der Waals surface area contributed by atoms with Gasteiger partial charge in [-0.05, 0) is 37.5 Å². The number of urea groups is 2. The van der Waals surface area contributed by atoms with E-state index in [1.54, 1.807) is 24.3 Å². The Morgan fingerprint density at radius 3 is 2.47 bits per heavy atom. The van der Waals surface area contributed by atoms with E-state index in [1.807, 2.05) is 0 Å². The average Bonchev–Trinajstić information content (AvgIpc) is 3.14. The number of imide groups is 2. The number of benzene rings is 1. The number of nitrogens with zero attached hydrogens (tertiary/aromatic N) is 2. The van der Waals surface area contributed by atoms with Crippen LogP contribution in [0.3, 0.4) is 0 Å². The Balaban J connectivity index is 1.45. The van der Waals surface area contributed by atoms with Crippen LogP contribution in [0.1, 0.15) is 44.6 Å². The summed E-state index contributed by atoms with van der Waals surface area (Å²) in [4.78, 5) is 64.1. The molecular weight excluding hydrogens is 418 g/mol. The summed E-state index contributed by atoms with van der Waals surface area (Å²) in [5.41, 5.74) is 0.310. The number of nitrogens with one attached hydrogen (secondary N) is 3. The maximum Gasteiger partial charge on any atom is 0.344 e. The fourth-order valence-corrected chi connectivity index (χ4v) is 4.49. The van der Waals surface area contributed by atoms with Crippen molar-refractivity contribution < 1.29 is 28.7 Å². The monoisotopic (exact) mass is 443 g/mol. The Morgan fingerprint density at radius 2 is 1.78 bits per heavy atom. The molecule has 1 aromatic rings. The second kappa shape index (κ2) is 7.81. The van der Waals surface area contributed by atoms with Crippen LogP contribution in [0.25, 0.3) is 0 Å². The molecule has 3 fully saturated rings. The highest BCUT2D eigenvalue weighted by Crippen LogP contribution is 2.34. The molecule has 1 atom stereocenters. The summed E-state index contributed by atoms with van der Waals surface area (Å²) in [6.07, 6.45) is 3.68. The van der Waals surface area contributed by atoms with Gasteiger partial charge in [-0.3, -0.25) is 24.7 Å². The van der Waals surface area contributed by atoms with Crippen molar-refractivity contribution >= 4 is 29.8 Å². The van der Waals surface area contributed by atoms with Crippen LogP contribution in [0, 0.1) is 0 Å². The predicted molar refractivity (Wildman–Crippen MR) is 110 cm³/mol. The Bertz CT molecular complexity index is 1000. The lowest BCUT2D eigenvalue weighted by Gasteiger charge is -2.30. The summed E-state index contributed by atoms with van der Waals surface area (Å²) >= 11 is 0. The van der Waals surface area contributed by atoms with Gasteiger partial charge < -0.3 is 15.4 Å². The summed E-state index contributed by atoms with van der Waals surface area (Å²) in [7, 11) is 1.48. The highest BCUT2D eigenvalue weighted by atomic mass is 16.5. The smallest absolute Gasteiger partial charge is 0.344 e. The first kappa shape index (κ1) is 21.6. The molecule has 170 valence electrons. The first-order valence-electron chi connectivity index (χ1n) is 10.4. The second-order valence-electron chi connectivity index (χ2n) is 8.43. The Morgan fingerprint density at radius 1 is 1.06 bits per heavy atom. The molecule has 11 nitrogen and oxygen atoms in total. The van der Waals surface area contributed by atoms with Crippen molar-refractivity contribution in [3.8, 4) is 5.75 Å².